The molecular weight excluding hydrogens is 294 g/mol. The Labute approximate surface area is 145 Å². The van der Waals surface area contributed by atoms with E-state index in [1.165, 1.54) is 44.1 Å². The van der Waals surface area contributed by atoms with E-state index in [1.807, 2.05) is 6.07 Å². The van der Waals surface area contributed by atoms with E-state index in [9.17, 15) is 4.79 Å². The number of carbonyl (C=O) groups excluding carboxylic acids is 1. The van der Waals surface area contributed by atoms with Gasteiger partial charge in [-0.15, -0.1) is 0 Å². The minimum absolute atomic E-state index is 0.224. The van der Waals surface area contributed by atoms with Gasteiger partial charge in [-0.25, -0.2) is 0 Å². The van der Waals surface area contributed by atoms with Crippen molar-refractivity contribution < 1.29 is 4.79 Å². The molecule has 1 amide bonds. The van der Waals surface area contributed by atoms with Crippen molar-refractivity contribution in [3.63, 3.8) is 0 Å². The molecule has 1 aromatic carbocycles. The Morgan fingerprint density at radius 1 is 1.00 bits per heavy atom. The minimum atomic E-state index is -0.224. The van der Waals surface area contributed by atoms with E-state index in [0.717, 1.165) is 30.6 Å². The molecule has 0 saturated heterocycles. The van der Waals surface area contributed by atoms with E-state index in [4.69, 9.17) is 0 Å². The van der Waals surface area contributed by atoms with E-state index in [2.05, 4.69) is 36.5 Å². The maximum Gasteiger partial charge on any atom is 0.230 e. The average molecular weight is 323 g/mol. The molecule has 4 bridgehead atoms. The lowest BCUT2D eigenvalue weighted by Gasteiger charge is -2.59. The molecule has 5 aliphatic rings. The largest absolute Gasteiger partial charge is 0.352 e. The molecule has 128 valence electrons. The molecule has 6 rings (SSSR count). The van der Waals surface area contributed by atoms with Crippen LogP contribution in [0.15, 0.2) is 30.3 Å². The van der Waals surface area contributed by atoms with Gasteiger partial charge in [-0.05, 0) is 87.0 Å². The minimum Gasteiger partial charge on any atom is -0.352 e. The monoisotopic (exact) mass is 323 g/mol. The van der Waals surface area contributed by atoms with Crippen LogP contribution in [0.4, 0.5) is 0 Å². The molecule has 0 heterocycles. The third-order valence-corrected chi connectivity index (χ3v) is 7.86. The normalized spacial score (nSPS) is 39.5. The van der Waals surface area contributed by atoms with Crippen LogP contribution in [0.3, 0.4) is 0 Å². The Bertz CT molecular complexity index is 610. The van der Waals surface area contributed by atoms with Crippen LogP contribution >= 0.6 is 0 Å². The first kappa shape index (κ1) is 15.0. The van der Waals surface area contributed by atoms with Gasteiger partial charge < -0.3 is 5.32 Å². The van der Waals surface area contributed by atoms with Crippen LogP contribution in [0.5, 0.6) is 0 Å². The van der Waals surface area contributed by atoms with Gasteiger partial charge in [-0.2, -0.15) is 0 Å². The van der Waals surface area contributed by atoms with Gasteiger partial charge in [0.15, 0.2) is 0 Å². The summed E-state index contributed by atoms with van der Waals surface area (Å²) in [6.07, 6.45) is 10.5. The predicted molar refractivity (Wildman–Crippen MR) is 95.6 cm³/mol. The van der Waals surface area contributed by atoms with Gasteiger partial charge in [0, 0.05) is 6.04 Å². The van der Waals surface area contributed by atoms with Crippen molar-refractivity contribution in [1.82, 2.24) is 5.32 Å². The van der Waals surface area contributed by atoms with Crippen molar-refractivity contribution in [3.05, 3.63) is 35.9 Å². The zero-order valence-corrected chi connectivity index (χ0v) is 14.8. The third kappa shape index (κ3) is 2.18. The molecule has 0 radical (unpaired) electrons. The number of carbonyl (C=O) groups is 1. The van der Waals surface area contributed by atoms with Crippen LogP contribution in [0.2, 0.25) is 0 Å². The van der Waals surface area contributed by atoms with Gasteiger partial charge in [0.05, 0.1) is 5.41 Å². The molecule has 1 N–H and O–H groups in total. The molecular formula is C22H29NO. The second-order valence-corrected chi connectivity index (χ2v) is 9.42. The molecule has 0 unspecified atom stereocenters. The molecule has 1 atom stereocenters. The Morgan fingerprint density at radius 2 is 1.54 bits per heavy atom. The fourth-order valence-electron chi connectivity index (χ4n) is 6.72. The summed E-state index contributed by atoms with van der Waals surface area (Å²) in [5, 5.41) is 3.50. The van der Waals surface area contributed by atoms with Crippen LogP contribution in [0, 0.1) is 23.2 Å². The molecule has 2 nitrogen and oxygen atoms in total. The summed E-state index contributed by atoms with van der Waals surface area (Å²) in [7, 11) is 0. The Hall–Kier alpha value is -1.31. The van der Waals surface area contributed by atoms with Gasteiger partial charge >= 0.3 is 0 Å². The predicted octanol–water partition coefficient (Wildman–Crippen LogP) is 4.44. The molecule has 2 heteroatoms. The Morgan fingerprint density at radius 3 is 2.04 bits per heavy atom. The molecule has 0 aliphatic heterocycles. The summed E-state index contributed by atoms with van der Waals surface area (Å²) in [4.78, 5) is 13.1. The van der Waals surface area contributed by atoms with Crippen LogP contribution < -0.4 is 5.32 Å². The molecule has 5 aliphatic carbocycles. The zero-order valence-electron chi connectivity index (χ0n) is 14.8. The number of hydrogen-bond donors (Lipinski definition) is 1. The Balaban J connectivity index is 1.34. The lowest BCUT2D eigenvalue weighted by atomic mass is 9.48. The smallest absolute Gasteiger partial charge is 0.230 e. The first-order valence-corrected chi connectivity index (χ1v) is 9.96. The molecule has 1 aromatic rings. The standard InChI is InChI=1S/C22H29NO/c1-15(21-12-16-9-17(13-21)11-18(10-16)14-21)23-20(24)22(7-8-22)19-5-3-2-4-6-19/h2-6,15-18H,7-14H2,1H3,(H,23,24)/t15-,16?,17?,18?,21?/m1/s1. The van der Waals surface area contributed by atoms with E-state index < -0.39 is 0 Å². The van der Waals surface area contributed by atoms with Gasteiger partial charge in [0.1, 0.15) is 0 Å². The lowest BCUT2D eigenvalue weighted by Crippen LogP contribution is -2.57. The summed E-state index contributed by atoms with van der Waals surface area (Å²) >= 11 is 0. The first-order valence-electron chi connectivity index (χ1n) is 9.96. The molecule has 5 fully saturated rings. The van der Waals surface area contributed by atoms with E-state index in [0.29, 0.717) is 11.5 Å². The molecule has 0 aromatic heterocycles. The lowest BCUT2D eigenvalue weighted by molar-refractivity contribution is -0.128. The van der Waals surface area contributed by atoms with Crippen LogP contribution in [-0.4, -0.2) is 11.9 Å². The third-order valence-electron chi connectivity index (χ3n) is 7.86. The summed E-state index contributed by atoms with van der Waals surface area (Å²) in [6.45, 7) is 2.30. The van der Waals surface area contributed by atoms with Crippen molar-refractivity contribution in [3.8, 4) is 0 Å². The number of benzene rings is 1. The highest BCUT2D eigenvalue weighted by atomic mass is 16.2. The highest BCUT2D eigenvalue weighted by molar-refractivity contribution is 5.91. The van der Waals surface area contributed by atoms with Crippen molar-refractivity contribution in [2.75, 3.05) is 0 Å². The fourth-order valence-corrected chi connectivity index (χ4v) is 6.72. The van der Waals surface area contributed by atoms with Gasteiger partial charge in [-0.1, -0.05) is 30.3 Å². The first-order chi connectivity index (χ1) is 11.6. The van der Waals surface area contributed by atoms with E-state index >= 15 is 0 Å². The summed E-state index contributed by atoms with van der Waals surface area (Å²) < 4.78 is 0. The van der Waals surface area contributed by atoms with Crippen LogP contribution in [0.1, 0.15) is 63.9 Å². The molecule has 0 spiro atoms. The fraction of sp³-hybridized carbons (Fsp3) is 0.682. The quantitative estimate of drug-likeness (QED) is 0.872. The molecule has 5 saturated carbocycles. The second-order valence-electron chi connectivity index (χ2n) is 9.42. The number of hydrogen-bond acceptors (Lipinski definition) is 1. The van der Waals surface area contributed by atoms with Gasteiger partial charge in [-0.3, -0.25) is 4.79 Å². The van der Waals surface area contributed by atoms with Crippen molar-refractivity contribution in [2.45, 2.75) is 69.7 Å². The maximum atomic E-state index is 13.1. The van der Waals surface area contributed by atoms with Crippen molar-refractivity contribution in [2.24, 2.45) is 23.2 Å². The SMILES string of the molecule is C[C@@H](NC(=O)C1(c2ccccc2)CC1)C12CC3CC(CC(C3)C1)C2. The van der Waals surface area contributed by atoms with E-state index in [-0.39, 0.29) is 11.3 Å². The van der Waals surface area contributed by atoms with Crippen molar-refractivity contribution in [1.29, 1.82) is 0 Å². The summed E-state index contributed by atoms with van der Waals surface area (Å²) in [6, 6.07) is 10.7. The van der Waals surface area contributed by atoms with Crippen LogP contribution in [0.25, 0.3) is 0 Å². The second kappa shape index (κ2) is 5.09. The van der Waals surface area contributed by atoms with Crippen molar-refractivity contribution >= 4 is 5.91 Å². The van der Waals surface area contributed by atoms with Crippen LogP contribution in [-0.2, 0) is 10.2 Å². The van der Waals surface area contributed by atoms with Gasteiger partial charge in [0.2, 0.25) is 5.91 Å². The average Bonchev–Trinajstić information content (AvgIpc) is 3.36. The maximum absolute atomic E-state index is 13.1. The number of rotatable bonds is 4. The van der Waals surface area contributed by atoms with E-state index in [1.54, 1.807) is 0 Å². The summed E-state index contributed by atoms with van der Waals surface area (Å²) in [5.74, 6) is 3.12. The summed E-state index contributed by atoms with van der Waals surface area (Å²) in [5.41, 5.74) is 1.38. The topological polar surface area (TPSA) is 29.1 Å². The Kier molecular flexibility index (Phi) is 3.18. The number of nitrogens with one attached hydrogen (secondary N) is 1. The van der Waals surface area contributed by atoms with Gasteiger partial charge in [0.25, 0.3) is 0 Å². The zero-order chi connectivity index (χ0) is 16.4. The highest BCUT2D eigenvalue weighted by Gasteiger charge is 2.56. The number of amides is 1. The molecule has 24 heavy (non-hydrogen) atoms. The highest BCUT2D eigenvalue weighted by Crippen LogP contribution is 2.61.